The van der Waals surface area contributed by atoms with Crippen molar-refractivity contribution in [3.8, 4) is 0 Å². The number of rotatable bonds is 8. The number of carbonyl (C=O) groups excluding carboxylic acids is 1. The van der Waals surface area contributed by atoms with Crippen molar-refractivity contribution in [1.82, 2.24) is 10.6 Å². The maximum atomic E-state index is 11.8. The zero-order chi connectivity index (χ0) is 12.4. The fourth-order valence-electron chi connectivity index (χ4n) is 1.19. The van der Waals surface area contributed by atoms with Crippen LogP contribution in [0.3, 0.4) is 0 Å². The molecular formula is C10H19F3N2O. The van der Waals surface area contributed by atoms with Crippen LogP contribution in [-0.2, 0) is 4.79 Å². The van der Waals surface area contributed by atoms with E-state index in [0.717, 1.165) is 13.0 Å². The third-order valence-corrected chi connectivity index (χ3v) is 2.04. The minimum atomic E-state index is -4.09. The van der Waals surface area contributed by atoms with Crippen LogP contribution in [0.4, 0.5) is 13.2 Å². The Balaban J connectivity index is 3.28. The quantitative estimate of drug-likeness (QED) is 0.635. The Morgan fingerprint density at radius 3 is 2.38 bits per heavy atom. The van der Waals surface area contributed by atoms with Crippen LogP contribution in [0.5, 0.6) is 0 Å². The summed E-state index contributed by atoms with van der Waals surface area (Å²) in [5, 5.41) is 5.50. The number of hydrogen-bond acceptors (Lipinski definition) is 2. The van der Waals surface area contributed by atoms with Gasteiger partial charge in [-0.1, -0.05) is 0 Å². The lowest BCUT2D eigenvalue weighted by molar-refractivity contribution is -0.135. The zero-order valence-electron chi connectivity index (χ0n) is 9.49. The zero-order valence-corrected chi connectivity index (χ0v) is 9.49. The molecule has 0 aromatic rings. The summed E-state index contributed by atoms with van der Waals surface area (Å²) in [6.07, 6.45) is -3.26. The number of nitrogens with one attached hydrogen (secondary N) is 2. The highest BCUT2D eigenvalue weighted by atomic mass is 19.4. The molecule has 0 aromatic carbocycles. The Bertz CT molecular complexity index is 195. The number of amides is 1. The van der Waals surface area contributed by atoms with Crippen LogP contribution in [0.2, 0.25) is 0 Å². The third-order valence-electron chi connectivity index (χ3n) is 2.04. The van der Waals surface area contributed by atoms with Gasteiger partial charge in [-0.2, -0.15) is 13.2 Å². The molecule has 0 spiro atoms. The lowest BCUT2D eigenvalue weighted by Gasteiger charge is -2.07. The van der Waals surface area contributed by atoms with Gasteiger partial charge in [-0.15, -0.1) is 0 Å². The second-order valence-electron chi connectivity index (χ2n) is 3.63. The van der Waals surface area contributed by atoms with Crippen LogP contribution < -0.4 is 10.6 Å². The molecule has 0 aliphatic rings. The molecule has 0 aliphatic carbocycles. The fourth-order valence-corrected chi connectivity index (χ4v) is 1.19. The highest BCUT2D eigenvalue weighted by Crippen LogP contribution is 2.21. The molecule has 16 heavy (non-hydrogen) atoms. The van der Waals surface area contributed by atoms with Gasteiger partial charge in [-0.3, -0.25) is 4.79 Å². The molecule has 0 heterocycles. The maximum Gasteiger partial charge on any atom is 0.389 e. The van der Waals surface area contributed by atoms with Gasteiger partial charge in [0, 0.05) is 19.4 Å². The Hall–Kier alpha value is -0.780. The summed E-state index contributed by atoms with van der Waals surface area (Å²) in [6, 6.07) is 0. The van der Waals surface area contributed by atoms with Gasteiger partial charge in [0.15, 0.2) is 0 Å². The first-order valence-electron chi connectivity index (χ1n) is 5.44. The molecule has 0 aliphatic heterocycles. The molecule has 0 aromatic heterocycles. The predicted octanol–water partition coefficient (Wildman–Crippen LogP) is 1.83. The van der Waals surface area contributed by atoms with E-state index in [1.807, 2.05) is 0 Å². The molecule has 0 rings (SSSR count). The molecule has 1 amide bonds. The molecule has 6 heteroatoms. The highest BCUT2D eigenvalue weighted by Gasteiger charge is 2.25. The number of carbonyl (C=O) groups is 1. The van der Waals surface area contributed by atoms with Crippen LogP contribution in [0.25, 0.3) is 0 Å². The van der Waals surface area contributed by atoms with Gasteiger partial charge in [0.1, 0.15) is 0 Å². The summed E-state index contributed by atoms with van der Waals surface area (Å²) in [4.78, 5) is 11.1. The van der Waals surface area contributed by atoms with Gasteiger partial charge < -0.3 is 10.6 Å². The van der Waals surface area contributed by atoms with Crippen molar-refractivity contribution >= 4 is 5.91 Å². The van der Waals surface area contributed by atoms with E-state index in [2.05, 4.69) is 10.6 Å². The summed E-state index contributed by atoms with van der Waals surface area (Å²) in [5.41, 5.74) is 0. The molecule has 0 saturated carbocycles. The van der Waals surface area contributed by atoms with Crippen LogP contribution in [0.1, 0.15) is 32.1 Å². The van der Waals surface area contributed by atoms with E-state index >= 15 is 0 Å². The van der Waals surface area contributed by atoms with Crippen molar-refractivity contribution in [3.63, 3.8) is 0 Å². The molecule has 2 N–H and O–H groups in total. The van der Waals surface area contributed by atoms with E-state index in [1.165, 1.54) is 0 Å². The minimum Gasteiger partial charge on any atom is -0.356 e. The molecule has 0 atom stereocenters. The van der Waals surface area contributed by atoms with Crippen LogP contribution in [0, 0.1) is 0 Å². The minimum absolute atomic E-state index is 0.0697. The van der Waals surface area contributed by atoms with Crippen molar-refractivity contribution in [1.29, 1.82) is 0 Å². The van der Waals surface area contributed by atoms with Crippen molar-refractivity contribution in [2.45, 2.75) is 38.3 Å². The lowest BCUT2D eigenvalue weighted by Crippen LogP contribution is -2.25. The van der Waals surface area contributed by atoms with Crippen molar-refractivity contribution < 1.29 is 18.0 Å². The summed E-state index contributed by atoms with van der Waals surface area (Å²) in [6.45, 7) is 1.09. The Morgan fingerprint density at radius 1 is 1.12 bits per heavy atom. The van der Waals surface area contributed by atoms with E-state index in [4.69, 9.17) is 0 Å². The number of unbranched alkanes of at least 4 members (excludes halogenated alkanes) is 1. The molecule has 3 nitrogen and oxygen atoms in total. The topological polar surface area (TPSA) is 41.1 Å². The average molecular weight is 240 g/mol. The van der Waals surface area contributed by atoms with E-state index in [0.29, 0.717) is 19.4 Å². The van der Waals surface area contributed by atoms with Gasteiger partial charge in [0.05, 0.1) is 0 Å². The molecule has 0 saturated heterocycles. The maximum absolute atomic E-state index is 11.8. The van der Waals surface area contributed by atoms with E-state index in [9.17, 15) is 18.0 Å². The summed E-state index contributed by atoms with van der Waals surface area (Å²) in [7, 11) is 1.80. The normalized spacial score (nSPS) is 11.5. The monoisotopic (exact) mass is 240 g/mol. The Labute approximate surface area is 93.8 Å². The van der Waals surface area contributed by atoms with Crippen molar-refractivity contribution in [2.24, 2.45) is 0 Å². The van der Waals surface area contributed by atoms with E-state index in [1.54, 1.807) is 7.05 Å². The van der Waals surface area contributed by atoms with E-state index in [-0.39, 0.29) is 12.3 Å². The van der Waals surface area contributed by atoms with Gasteiger partial charge in [-0.25, -0.2) is 0 Å². The second-order valence-corrected chi connectivity index (χ2v) is 3.63. The Morgan fingerprint density at radius 2 is 1.81 bits per heavy atom. The molecule has 0 bridgehead atoms. The second kappa shape index (κ2) is 8.38. The summed E-state index contributed by atoms with van der Waals surface area (Å²) < 4.78 is 35.3. The average Bonchev–Trinajstić information content (AvgIpc) is 2.16. The number of alkyl halides is 3. The summed E-state index contributed by atoms with van der Waals surface area (Å²) in [5.74, 6) is -0.0951. The number of halogens is 3. The first-order valence-corrected chi connectivity index (χ1v) is 5.44. The van der Waals surface area contributed by atoms with Crippen molar-refractivity contribution in [2.75, 3.05) is 20.1 Å². The van der Waals surface area contributed by atoms with Crippen molar-refractivity contribution in [3.05, 3.63) is 0 Å². The van der Waals surface area contributed by atoms with Gasteiger partial charge in [0.2, 0.25) is 5.91 Å². The Kier molecular flexibility index (Phi) is 7.97. The fraction of sp³-hybridized carbons (Fsp3) is 0.900. The largest absolute Gasteiger partial charge is 0.389 e. The molecule has 0 fully saturated rings. The smallest absolute Gasteiger partial charge is 0.356 e. The van der Waals surface area contributed by atoms with E-state index < -0.39 is 12.6 Å². The molecule has 0 radical (unpaired) electrons. The standard InChI is InChI=1S/C10H19F3N2O/c1-14-7-4-5-9(16)15-8-3-2-6-10(11,12)13/h14H,2-8H2,1H3,(H,15,16). The SMILES string of the molecule is CNCCCC(=O)NCCCCC(F)(F)F. The third kappa shape index (κ3) is 11.3. The molecular weight excluding hydrogens is 221 g/mol. The highest BCUT2D eigenvalue weighted by molar-refractivity contribution is 5.75. The number of hydrogen-bond donors (Lipinski definition) is 2. The first kappa shape index (κ1) is 15.2. The predicted molar refractivity (Wildman–Crippen MR) is 56.1 cm³/mol. The van der Waals surface area contributed by atoms with Gasteiger partial charge in [0.25, 0.3) is 0 Å². The van der Waals surface area contributed by atoms with Gasteiger partial charge >= 0.3 is 6.18 Å². The van der Waals surface area contributed by atoms with Crippen LogP contribution in [-0.4, -0.2) is 32.2 Å². The molecule has 96 valence electrons. The molecule has 0 unspecified atom stereocenters. The van der Waals surface area contributed by atoms with Crippen LogP contribution in [0.15, 0.2) is 0 Å². The van der Waals surface area contributed by atoms with Gasteiger partial charge in [-0.05, 0) is 32.9 Å². The first-order chi connectivity index (χ1) is 7.45. The van der Waals surface area contributed by atoms with Crippen LogP contribution >= 0.6 is 0 Å². The lowest BCUT2D eigenvalue weighted by atomic mass is 10.2. The summed E-state index contributed by atoms with van der Waals surface area (Å²) >= 11 is 0.